The second-order valence-electron chi connectivity index (χ2n) is 6.59. The summed E-state index contributed by atoms with van der Waals surface area (Å²) in [6, 6.07) is 11.6. The molecule has 0 bridgehead atoms. The average molecular weight is 572 g/mol. The smallest absolute Gasteiger partial charge is 1.00 e. The van der Waals surface area contributed by atoms with Gasteiger partial charge in [-0.2, -0.15) is 0 Å². The van der Waals surface area contributed by atoms with E-state index in [9.17, 15) is 14.6 Å². The van der Waals surface area contributed by atoms with E-state index in [1.165, 1.54) is 12.1 Å². The minimum absolute atomic E-state index is 0. The molecule has 0 N–H and O–H groups in total. The third kappa shape index (κ3) is 9.20. The molecule has 3 nitrogen and oxygen atoms in total. The van der Waals surface area contributed by atoms with Crippen molar-refractivity contribution in [2.75, 3.05) is 27.2 Å². The molecule has 2 aromatic carbocycles. The van der Waals surface area contributed by atoms with Crippen LogP contribution in [0.15, 0.2) is 46.9 Å². The summed E-state index contributed by atoms with van der Waals surface area (Å²) in [5.74, 6) is -0.336. The molecule has 1 unspecified atom stereocenters. The molecule has 2 aromatic rings. The molecule has 0 aromatic heterocycles. The Hall–Kier alpha value is 1.03. The molecule has 0 amide bonds. The Bertz CT molecular complexity index is 711. The first kappa shape index (κ1) is 34.6. The third-order valence-corrected chi connectivity index (χ3v) is 5.08. The van der Waals surface area contributed by atoms with Crippen molar-refractivity contribution in [1.82, 2.24) is 4.90 Å². The average Bonchev–Trinajstić information content (AvgIpc) is 2.60. The van der Waals surface area contributed by atoms with Crippen LogP contribution in [0, 0.1) is 5.82 Å². The normalized spacial score (nSPS) is 12.0. The topological polar surface area (TPSA) is 49.4 Å². The molecular formula is C20H23Br2ClFMg2NO2. The first-order valence-corrected chi connectivity index (χ1v) is 9.08. The fraction of sp³-hybridized carbons (Fsp3) is 0.400. The van der Waals surface area contributed by atoms with Gasteiger partial charge in [-0.25, -0.2) is 4.39 Å². The van der Waals surface area contributed by atoms with Gasteiger partial charge in [-0.1, -0.05) is 39.7 Å². The van der Waals surface area contributed by atoms with Gasteiger partial charge in [0.05, 0.1) is 0 Å². The molecule has 0 spiro atoms. The summed E-state index contributed by atoms with van der Waals surface area (Å²) in [7, 11) is 3.97. The Morgan fingerprint density at radius 3 is 2.10 bits per heavy atom. The molecule has 1 atom stereocenters. The zero-order chi connectivity index (χ0) is 18.4. The first-order chi connectivity index (χ1) is 11.9. The van der Waals surface area contributed by atoms with E-state index in [0.29, 0.717) is 12.0 Å². The van der Waals surface area contributed by atoms with Crippen LogP contribution in [0.5, 0.6) is 0 Å². The molecule has 2 rings (SSSR count). The van der Waals surface area contributed by atoms with Crippen LogP contribution >= 0.6 is 15.9 Å². The summed E-state index contributed by atoms with van der Waals surface area (Å²) in [6.45, 7) is 0.0538. The van der Waals surface area contributed by atoms with Crippen LogP contribution in [0.4, 0.5) is 4.39 Å². The summed E-state index contributed by atoms with van der Waals surface area (Å²) in [5, 5.41) is 24.2. The number of halogens is 4. The molecule has 0 heterocycles. The van der Waals surface area contributed by atoms with Crippen LogP contribution in [0.1, 0.15) is 29.5 Å². The van der Waals surface area contributed by atoms with E-state index in [1.807, 2.05) is 26.2 Å². The van der Waals surface area contributed by atoms with Crippen LogP contribution in [0.2, 0.25) is 0 Å². The quantitative estimate of drug-likeness (QED) is 0.301. The summed E-state index contributed by atoms with van der Waals surface area (Å²) < 4.78 is 14.2. The van der Waals surface area contributed by atoms with Gasteiger partial charge < -0.3 is 44.5 Å². The number of nitrogens with zero attached hydrogens (tertiary/aromatic N) is 1. The maximum Gasteiger partial charge on any atom is 2.00 e. The van der Waals surface area contributed by atoms with Gasteiger partial charge in [-0.3, -0.25) is 0 Å². The van der Waals surface area contributed by atoms with Crippen molar-refractivity contribution in [2.45, 2.75) is 24.9 Å². The van der Waals surface area contributed by atoms with Crippen molar-refractivity contribution >= 4 is 62.0 Å². The van der Waals surface area contributed by atoms with Crippen LogP contribution in [-0.2, 0) is 12.0 Å². The Kier molecular flexibility index (Phi) is 19.9. The third-order valence-electron chi connectivity index (χ3n) is 4.59. The number of rotatable bonds is 8. The van der Waals surface area contributed by atoms with Gasteiger partial charge in [0.15, 0.2) is 0 Å². The van der Waals surface area contributed by atoms with Crippen LogP contribution in [0.25, 0.3) is 0 Å². The summed E-state index contributed by atoms with van der Waals surface area (Å²) in [4.78, 5) is 2.07. The van der Waals surface area contributed by atoms with Gasteiger partial charge in [0.2, 0.25) is 0 Å². The molecule has 152 valence electrons. The van der Waals surface area contributed by atoms with Gasteiger partial charge in [0, 0.05) is 9.89 Å². The Morgan fingerprint density at radius 1 is 1.03 bits per heavy atom. The zero-order valence-electron chi connectivity index (χ0n) is 16.8. The van der Waals surface area contributed by atoms with E-state index in [4.69, 9.17) is 0 Å². The number of benzene rings is 2. The van der Waals surface area contributed by atoms with E-state index in [-0.39, 0.29) is 87.9 Å². The standard InChI is InChI=1S/C20H23BrFNO2.BrH.ClH.2Mg/c1-23(2)11-3-10-20(14-25,16-4-7-18(22)8-5-16)19-9-6-17(21)12-15(19)13-24;;;;/h4-9,12H,3,10-11,13-14H2,1-2H3;2*1H;;/q-2;;;2*+2/p-2. The minimum atomic E-state index is -0.829. The largest absolute Gasteiger partial charge is 2.00 e. The Labute approximate surface area is 230 Å². The summed E-state index contributed by atoms with van der Waals surface area (Å²) in [5.41, 5.74) is 1.30. The van der Waals surface area contributed by atoms with Crippen LogP contribution in [-0.4, -0.2) is 78.3 Å². The monoisotopic (exact) mass is 569 g/mol. The fourth-order valence-corrected chi connectivity index (χ4v) is 3.69. The molecule has 0 saturated heterocycles. The molecule has 0 aliphatic heterocycles. The van der Waals surface area contributed by atoms with E-state index >= 15 is 0 Å². The van der Waals surface area contributed by atoms with E-state index in [2.05, 4.69) is 20.8 Å². The number of hydrogen-bond acceptors (Lipinski definition) is 3. The predicted molar refractivity (Wildman–Crippen MR) is 109 cm³/mol. The second-order valence-corrected chi connectivity index (χ2v) is 7.50. The molecule has 0 aliphatic rings. The minimum Gasteiger partial charge on any atom is -1.00 e. The van der Waals surface area contributed by atoms with Gasteiger partial charge in [0.1, 0.15) is 5.82 Å². The molecule has 0 radical (unpaired) electrons. The fourth-order valence-electron chi connectivity index (χ4n) is 3.28. The predicted octanol–water partition coefficient (Wildman–Crippen LogP) is -4.32. The van der Waals surface area contributed by atoms with Gasteiger partial charge in [-0.15, -0.1) is 13.2 Å². The summed E-state index contributed by atoms with van der Waals surface area (Å²) in [6.07, 6.45) is 1.41. The van der Waals surface area contributed by atoms with E-state index in [0.717, 1.165) is 28.6 Å². The molecule has 29 heavy (non-hydrogen) atoms. The molecule has 0 fully saturated rings. The maximum atomic E-state index is 13.4. The molecule has 0 saturated carbocycles. The van der Waals surface area contributed by atoms with Gasteiger partial charge in [0.25, 0.3) is 0 Å². The van der Waals surface area contributed by atoms with Crippen molar-refractivity contribution in [2.24, 2.45) is 0 Å². The van der Waals surface area contributed by atoms with Crippen molar-refractivity contribution in [3.05, 3.63) is 69.4 Å². The van der Waals surface area contributed by atoms with E-state index in [1.54, 1.807) is 18.2 Å². The number of hydrogen-bond donors (Lipinski definition) is 0. The van der Waals surface area contributed by atoms with Gasteiger partial charge in [-0.05, 0) is 68.9 Å². The molecular weight excluding hydrogens is 549 g/mol. The second kappa shape index (κ2) is 16.6. The Morgan fingerprint density at radius 2 is 1.62 bits per heavy atom. The van der Waals surface area contributed by atoms with Crippen LogP contribution in [0.3, 0.4) is 0 Å². The van der Waals surface area contributed by atoms with Crippen molar-refractivity contribution in [3.63, 3.8) is 0 Å². The molecule has 0 aliphatic carbocycles. The zero-order valence-corrected chi connectivity index (χ0v) is 23.5. The van der Waals surface area contributed by atoms with Crippen LogP contribution < -0.4 is 39.6 Å². The Balaban J connectivity index is -0.00000169. The van der Waals surface area contributed by atoms with Gasteiger partial charge >= 0.3 is 46.1 Å². The van der Waals surface area contributed by atoms with Crippen molar-refractivity contribution in [3.8, 4) is 0 Å². The molecule has 9 heteroatoms. The first-order valence-electron chi connectivity index (χ1n) is 8.29. The maximum absolute atomic E-state index is 13.4. The van der Waals surface area contributed by atoms with Crippen molar-refractivity contribution < 1.29 is 44.0 Å². The summed E-state index contributed by atoms with van der Waals surface area (Å²) >= 11 is 3.39. The van der Waals surface area contributed by atoms with Crippen molar-refractivity contribution in [1.29, 1.82) is 0 Å². The SMILES string of the molecule is CN(C)CCCC(C[O-])(c1ccc(F)cc1)c1ccc(Br)cc1C[O-].[Br-].[Cl-].[Mg+2].[Mg+2]. The van der Waals surface area contributed by atoms with E-state index < -0.39 is 12.0 Å².